The topological polar surface area (TPSA) is 52.3 Å². The van der Waals surface area contributed by atoms with Crippen molar-refractivity contribution >= 4 is 11.7 Å². The second-order valence-corrected chi connectivity index (χ2v) is 3.55. The van der Waals surface area contributed by atoms with Gasteiger partial charge in [-0.1, -0.05) is 0 Å². The Morgan fingerprint density at radius 1 is 1.43 bits per heavy atom. The molecule has 0 fully saturated rings. The summed E-state index contributed by atoms with van der Waals surface area (Å²) in [4.78, 5) is 11.3. The zero-order chi connectivity index (χ0) is 10.1. The Morgan fingerprint density at radius 3 is 2.93 bits per heavy atom. The van der Waals surface area contributed by atoms with Gasteiger partial charge in [0.2, 0.25) is 0 Å². The Bertz CT molecular complexity index is 385. The van der Waals surface area contributed by atoms with Crippen LogP contribution in [0.25, 0.3) is 0 Å². The minimum atomic E-state index is -0.314. The number of hydrogen-bond donors (Lipinski definition) is 1. The second-order valence-electron chi connectivity index (χ2n) is 3.55. The number of esters is 1. The van der Waals surface area contributed by atoms with Gasteiger partial charge in [0.25, 0.3) is 0 Å². The summed E-state index contributed by atoms with van der Waals surface area (Å²) in [6.07, 6.45) is 3.18. The predicted molar refractivity (Wildman–Crippen MR) is 54.2 cm³/mol. The SMILES string of the molecule is COC(=O)c1cc(N)c2c(c1)CCC2. The van der Waals surface area contributed by atoms with Gasteiger partial charge in [-0.05, 0) is 42.5 Å². The van der Waals surface area contributed by atoms with Gasteiger partial charge >= 0.3 is 5.97 Å². The molecule has 0 radical (unpaired) electrons. The highest BCUT2D eigenvalue weighted by Crippen LogP contribution is 2.28. The summed E-state index contributed by atoms with van der Waals surface area (Å²) in [6.45, 7) is 0. The summed E-state index contributed by atoms with van der Waals surface area (Å²) in [7, 11) is 1.38. The van der Waals surface area contributed by atoms with Crippen molar-refractivity contribution in [2.45, 2.75) is 19.3 Å². The highest BCUT2D eigenvalue weighted by molar-refractivity contribution is 5.91. The van der Waals surface area contributed by atoms with E-state index in [1.165, 1.54) is 18.2 Å². The lowest BCUT2D eigenvalue weighted by molar-refractivity contribution is 0.0600. The van der Waals surface area contributed by atoms with Crippen molar-refractivity contribution in [3.63, 3.8) is 0 Å². The minimum Gasteiger partial charge on any atom is -0.465 e. The number of benzene rings is 1. The molecule has 2 N–H and O–H groups in total. The van der Waals surface area contributed by atoms with E-state index in [0.29, 0.717) is 5.56 Å². The third kappa shape index (κ3) is 1.35. The molecule has 0 saturated carbocycles. The van der Waals surface area contributed by atoms with E-state index in [0.717, 1.165) is 24.9 Å². The van der Waals surface area contributed by atoms with Crippen molar-refractivity contribution in [1.29, 1.82) is 0 Å². The molecule has 74 valence electrons. The zero-order valence-corrected chi connectivity index (χ0v) is 8.17. The molecule has 1 aromatic rings. The quantitative estimate of drug-likeness (QED) is 0.541. The Labute approximate surface area is 82.9 Å². The van der Waals surface area contributed by atoms with Crippen molar-refractivity contribution in [1.82, 2.24) is 0 Å². The molecule has 0 aliphatic heterocycles. The average Bonchev–Trinajstić information content (AvgIpc) is 2.64. The van der Waals surface area contributed by atoms with Crippen LogP contribution in [0.4, 0.5) is 5.69 Å². The Morgan fingerprint density at radius 2 is 2.21 bits per heavy atom. The van der Waals surface area contributed by atoms with Crippen LogP contribution < -0.4 is 5.73 Å². The fourth-order valence-electron chi connectivity index (χ4n) is 1.98. The predicted octanol–water partition coefficient (Wildman–Crippen LogP) is 1.54. The molecule has 3 nitrogen and oxygen atoms in total. The van der Waals surface area contributed by atoms with Gasteiger partial charge < -0.3 is 10.5 Å². The Hall–Kier alpha value is -1.51. The highest BCUT2D eigenvalue weighted by Gasteiger charge is 2.17. The third-order valence-corrected chi connectivity index (χ3v) is 2.67. The number of ether oxygens (including phenoxy) is 1. The number of nitrogens with two attached hydrogens (primary N) is 1. The number of aryl methyl sites for hydroxylation is 1. The number of fused-ring (bicyclic) bond motifs is 1. The van der Waals surface area contributed by atoms with Crippen molar-refractivity contribution in [2.24, 2.45) is 0 Å². The summed E-state index contributed by atoms with van der Waals surface area (Å²) >= 11 is 0. The molecule has 0 saturated heterocycles. The lowest BCUT2D eigenvalue weighted by Gasteiger charge is -2.06. The minimum absolute atomic E-state index is 0.314. The normalized spacial score (nSPS) is 13.8. The molecule has 1 aliphatic rings. The first kappa shape index (κ1) is 9.06. The van der Waals surface area contributed by atoms with E-state index in [2.05, 4.69) is 4.74 Å². The molecule has 14 heavy (non-hydrogen) atoms. The standard InChI is InChI=1S/C11H13NO2/c1-14-11(13)8-5-7-3-2-4-9(7)10(12)6-8/h5-6H,2-4,12H2,1H3. The fourth-order valence-corrected chi connectivity index (χ4v) is 1.98. The molecule has 3 heteroatoms. The molecule has 1 aliphatic carbocycles. The number of anilines is 1. The lowest BCUT2D eigenvalue weighted by atomic mass is 10.0. The summed E-state index contributed by atoms with van der Waals surface area (Å²) in [5.74, 6) is -0.314. The van der Waals surface area contributed by atoms with Crippen LogP contribution in [0.3, 0.4) is 0 Å². The van der Waals surface area contributed by atoms with Crippen LogP contribution in [0.15, 0.2) is 12.1 Å². The molecule has 0 bridgehead atoms. The van der Waals surface area contributed by atoms with Gasteiger partial charge in [0.1, 0.15) is 0 Å². The van der Waals surface area contributed by atoms with Crippen molar-refractivity contribution in [2.75, 3.05) is 12.8 Å². The first-order chi connectivity index (χ1) is 6.72. The number of nitrogen functional groups attached to an aromatic ring is 1. The maximum Gasteiger partial charge on any atom is 0.337 e. The van der Waals surface area contributed by atoms with Gasteiger partial charge in [-0.2, -0.15) is 0 Å². The van der Waals surface area contributed by atoms with Crippen molar-refractivity contribution < 1.29 is 9.53 Å². The van der Waals surface area contributed by atoms with Crippen LogP contribution in [-0.4, -0.2) is 13.1 Å². The van der Waals surface area contributed by atoms with E-state index >= 15 is 0 Å². The molecular formula is C11H13NO2. The Balaban J connectivity index is 2.46. The largest absolute Gasteiger partial charge is 0.465 e. The molecule has 0 aromatic heterocycles. The maximum atomic E-state index is 11.3. The van der Waals surface area contributed by atoms with Gasteiger partial charge in [-0.3, -0.25) is 0 Å². The van der Waals surface area contributed by atoms with Crippen molar-refractivity contribution in [3.05, 3.63) is 28.8 Å². The zero-order valence-electron chi connectivity index (χ0n) is 8.17. The van der Waals surface area contributed by atoms with Crippen molar-refractivity contribution in [3.8, 4) is 0 Å². The summed E-state index contributed by atoms with van der Waals surface area (Å²) in [5.41, 5.74) is 9.55. The van der Waals surface area contributed by atoms with Gasteiger partial charge in [-0.15, -0.1) is 0 Å². The molecule has 1 aromatic carbocycles. The third-order valence-electron chi connectivity index (χ3n) is 2.67. The molecule has 0 spiro atoms. The van der Waals surface area contributed by atoms with E-state index in [9.17, 15) is 4.79 Å². The van der Waals surface area contributed by atoms with Gasteiger partial charge in [0.05, 0.1) is 12.7 Å². The van der Waals surface area contributed by atoms with Crippen LogP contribution in [-0.2, 0) is 17.6 Å². The number of carbonyl (C=O) groups is 1. The van der Waals surface area contributed by atoms with Crippen LogP contribution in [0.5, 0.6) is 0 Å². The number of methoxy groups -OCH3 is 1. The second kappa shape index (κ2) is 3.33. The molecule has 0 heterocycles. The highest BCUT2D eigenvalue weighted by atomic mass is 16.5. The summed E-state index contributed by atoms with van der Waals surface area (Å²) < 4.78 is 4.66. The first-order valence-corrected chi connectivity index (χ1v) is 4.72. The molecule has 0 unspecified atom stereocenters. The number of rotatable bonds is 1. The van der Waals surface area contributed by atoms with E-state index in [1.807, 2.05) is 6.07 Å². The summed E-state index contributed by atoms with van der Waals surface area (Å²) in [5, 5.41) is 0. The molecular weight excluding hydrogens is 178 g/mol. The van der Waals surface area contributed by atoms with Crippen LogP contribution in [0.2, 0.25) is 0 Å². The number of carbonyl (C=O) groups excluding carboxylic acids is 1. The van der Waals surface area contributed by atoms with Gasteiger partial charge in [0, 0.05) is 5.69 Å². The van der Waals surface area contributed by atoms with E-state index in [4.69, 9.17) is 5.73 Å². The lowest BCUT2D eigenvalue weighted by Crippen LogP contribution is -2.04. The monoisotopic (exact) mass is 191 g/mol. The average molecular weight is 191 g/mol. The molecule has 2 rings (SSSR count). The Kier molecular flexibility index (Phi) is 2.15. The van der Waals surface area contributed by atoms with Crippen LogP contribution in [0, 0.1) is 0 Å². The van der Waals surface area contributed by atoms with E-state index in [1.54, 1.807) is 6.07 Å². The maximum absolute atomic E-state index is 11.3. The molecule has 0 amide bonds. The molecule has 0 atom stereocenters. The van der Waals surface area contributed by atoms with Crippen LogP contribution >= 0.6 is 0 Å². The van der Waals surface area contributed by atoms with E-state index < -0.39 is 0 Å². The summed E-state index contributed by atoms with van der Waals surface area (Å²) in [6, 6.07) is 3.60. The fraction of sp³-hybridized carbons (Fsp3) is 0.364. The first-order valence-electron chi connectivity index (χ1n) is 4.72. The van der Waals surface area contributed by atoms with Crippen LogP contribution in [0.1, 0.15) is 27.9 Å². The number of hydrogen-bond acceptors (Lipinski definition) is 3. The smallest absolute Gasteiger partial charge is 0.337 e. The van der Waals surface area contributed by atoms with E-state index in [-0.39, 0.29) is 5.97 Å². The van der Waals surface area contributed by atoms with Gasteiger partial charge in [-0.25, -0.2) is 4.79 Å². The van der Waals surface area contributed by atoms with Gasteiger partial charge in [0.15, 0.2) is 0 Å².